The number of nitrogens with one attached hydrogen (secondary N) is 1. The molecule has 1 N–H and O–H groups in total. The quantitative estimate of drug-likeness (QED) is 0.899. The van der Waals surface area contributed by atoms with Gasteiger partial charge in [-0.25, -0.2) is 8.42 Å². The Kier molecular flexibility index (Phi) is 3.76. The monoisotopic (exact) mass is 273 g/mol. The number of benzene rings is 1. The van der Waals surface area contributed by atoms with Gasteiger partial charge in [0.1, 0.15) is 0 Å². The zero-order chi connectivity index (χ0) is 12.5. The van der Waals surface area contributed by atoms with Crippen molar-refractivity contribution in [1.82, 2.24) is 5.32 Å². The fraction of sp³-hybridized carbons (Fsp3) is 0.500. The van der Waals surface area contributed by atoms with Gasteiger partial charge in [-0.2, -0.15) is 0 Å². The SMILES string of the molecule is CS(=O)(=O)c1ccc(Cl)cc1C1CCCNC1. The Bertz CT molecular complexity index is 507. The lowest BCUT2D eigenvalue weighted by atomic mass is 9.92. The molecule has 1 unspecified atom stereocenters. The number of halogens is 1. The van der Waals surface area contributed by atoms with E-state index in [0.717, 1.165) is 31.5 Å². The first-order valence-corrected chi connectivity index (χ1v) is 7.95. The average Bonchev–Trinajstić information content (AvgIpc) is 2.28. The zero-order valence-electron chi connectivity index (χ0n) is 9.74. The predicted molar refractivity (Wildman–Crippen MR) is 69.4 cm³/mol. The van der Waals surface area contributed by atoms with Gasteiger partial charge in [0.2, 0.25) is 0 Å². The summed E-state index contributed by atoms with van der Waals surface area (Å²) in [6, 6.07) is 5.04. The summed E-state index contributed by atoms with van der Waals surface area (Å²) in [6.45, 7) is 1.83. The molecule has 0 bridgehead atoms. The minimum Gasteiger partial charge on any atom is -0.316 e. The summed E-state index contributed by atoms with van der Waals surface area (Å²) < 4.78 is 23.5. The maximum Gasteiger partial charge on any atom is 0.175 e. The molecule has 1 atom stereocenters. The van der Waals surface area contributed by atoms with Crippen molar-refractivity contribution in [2.45, 2.75) is 23.7 Å². The van der Waals surface area contributed by atoms with Gasteiger partial charge >= 0.3 is 0 Å². The maximum atomic E-state index is 11.7. The molecule has 0 amide bonds. The molecular weight excluding hydrogens is 258 g/mol. The number of rotatable bonds is 2. The smallest absolute Gasteiger partial charge is 0.175 e. The van der Waals surface area contributed by atoms with E-state index in [2.05, 4.69) is 5.32 Å². The highest BCUT2D eigenvalue weighted by molar-refractivity contribution is 7.90. The van der Waals surface area contributed by atoms with Crippen LogP contribution in [-0.4, -0.2) is 27.8 Å². The van der Waals surface area contributed by atoms with Crippen LogP contribution < -0.4 is 5.32 Å². The lowest BCUT2D eigenvalue weighted by molar-refractivity contribution is 0.456. The van der Waals surface area contributed by atoms with E-state index in [4.69, 9.17) is 11.6 Å². The molecule has 1 saturated heterocycles. The van der Waals surface area contributed by atoms with Crippen molar-refractivity contribution >= 4 is 21.4 Å². The molecule has 5 heteroatoms. The van der Waals surface area contributed by atoms with Crippen molar-refractivity contribution in [3.8, 4) is 0 Å². The molecule has 17 heavy (non-hydrogen) atoms. The molecule has 1 fully saturated rings. The molecule has 1 aromatic rings. The van der Waals surface area contributed by atoms with E-state index >= 15 is 0 Å². The van der Waals surface area contributed by atoms with Gasteiger partial charge in [-0.3, -0.25) is 0 Å². The van der Waals surface area contributed by atoms with Crippen LogP contribution >= 0.6 is 11.6 Å². The first kappa shape index (κ1) is 12.9. The van der Waals surface area contributed by atoms with E-state index in [1.165, 1.54) is 6.26 Å². The molecule has 0 spiro atoms. The zero-order valence-corrected chi connectivity index (χ0v) is 11.3. The molecule has 2 rings (SSSR count). The fourth-order valence-electron chi connectivity index (χ4n) is 2.29. The summed E-state index contributed by atoms with van der Waals surface area (Å²) in [7, 11) is -3.19. The molecule has 0 aromatic heterocycles. The van der Waals surface area contributed by atoms with E-state index in [1.54, 1.807) is 18.2 Å². The highest BCUT2D eigenvalue weighted by Crippen LogP contribution is 2.31. The lowest BCUT2D eigenvalue weighted by Gasteiger charge is -2.25. The van der Waals surface area contributed by atoms with Crippen LogP contribution in [0.25, 0.3) is 0 Å². The molecule has 0 radical (unpaired) electrons. The number of piperidine rings is 1. The Labute approximate surface area is 107 Å². The van der Waals surface area contributed by atoms with Crippen molar-refractivity contribution in [2.24, 2.45) is 0 Å². The summed E-state index contributed by atoms with van der Waals surface area (Å²) in [4.78, 5) is 0.413. The van der Waals surface area contributed by atoms with E-state index in [1.807, 2.05) is 0 Å². The Balaban J connectivity index is 2.46. The molecule has 1 aromatic carbocycles. The topological polar surface area (TPSA) is 46.2 Å². The van der Waals surface area contributed by atoms with Gasteiger partial charge in [0, 0.05) is 17.8 Å². The van der Waals surface area contributed by atoms with Crippen molar-refractivity contribution in [3.05, 3.63) is 28.8 Å². The van der Waals surface area contributed by atoms with Crippen LogP contribution in [0.5, 0.6) is 0 Å². The van der Waals surface area contributed by atoms with Crippen LogP contribution in [0, 0.1) is 0 Å². The van der Waals surface area contributed by atoms with Crippen molar-refractivity contribution in [2.75, 3.05) is 19.3 Å². The summed E-state index contributed by atoms with van der Waals surface area (Å²) in [6.07, 6.45) is 3.33. The minimum absolute atomic E-state index is 0.243. The van der Waals surface area contributed by atoms with E-state index < -0.39 is 9.84 Å². The summed E-state index contributed by atoms with van der Waals surface area (Å²) >= 11 is 5.97. The Morgan fingerprint density at radius 1 is 1.41 bits per heavy atom. The van der Waals surface area contributed by atoms with Gasteiger partial charge in [0.15, 0.2) is 9.84 Å². The predicted octanol–water partition coefficient (Wildman–Crippen LogP) is 2.21. The highest BCUT2D eigenvalue weighted by atomic mass is 35.5. The summed E-state index contributed by atoms with van der Waals surface area (Å²) in [5.41, 5.74) is 0.854. The van der Waals surface area contributed by atoms with E-state index in [9.17, 15) is 8.42 Å². The highest BCUT2D eigenvalue weighted by Gasteiger charge is 2.22. The van der Waals surface area contributed by atoms with Crippen LogP contribution in [0.15, 0.2) is 23.1 Å². The second kappa shape index (κ2) is 4.96. The molecule has 1 aliphatic rings. The van der Waals surface area contributed by atoms with Crippen molar-refractivity contribution < 1.29 is 8.42 Å². The number of sulfone groups is 1. The third kappa shape index (κ3) is 3.00. The summed E-state index contributed by atoms with van der Waals surface area (Å²) in [5, 5.41) is 3.89. The van der Waals surface area contributed by atoms with Gasteiger partial charge in [-0.1, -0.05) is 11.6 Å². The molecular formula is C12H16ClNO2S. The Morgan fingerprint density at radius 3 is 2.76 bits per heavy atom. The molecule has 94 valence electrons. The van der Waals surface area contributed by atoms with E-state index in [0.29, 0.717) is 9.92 Å². The van der Waals surface area contributed by atoms with Gasteiger partial charge in [0.05, 0.1) is 4.90 Å². The van der Waals surface area contributed by atoms with Crippen molar-refractivity contribution in [3.63, 3.8) is 0 Å². The molecule has 1 heterocycles. The van der Waals surface area contributed by atoms with Crippen LogP contribution in [0.4, 0.5) is 0 Å². The van der Waals surface area contributed by atoms with Crippen LogP contribution in [0.3, 0.4) is 0 Å². The normalized spacial score (nSPS) is 21.4. The average molecular weight is 274 g/mol. The second-order valence-corrected chi connectivity index (χ2v) is 6.92. The third-order valence-corrected chi connectivity index (χ3v) is 4.51. The van der Waals surface area contributed by atoms with Gasteiger partial charge < -0.3 is 5.32 Å². The Morgan fingerprint density at radius 2 is 2.18 bits per heavy atom. The standard InChI is InChI=1S/C12H16ClNO2S/c1-17(15,16)12-5-4-10(13)7-11(12)9-3-2-6-14-8-9/h4-5,7,9,14H,2-3,6,8H2,1H3. The minimum atomic E-state index is -3.19. The van der Waals surface area contributed by atoms with Crippen LogP contribution in [0.1, 0.15) is 24.3 Å². The number of hydrogen-bond donors (Lipinski definition) is 1. The molecule has 0 saturated carbocycles. The fourth-order valence-corrected chi connectivity index (χ4v) is 3.44. The summed E-state index contributed by atoms with van der Waals surface area (Å²) in [5.74, 6) is 0.243. The number of hydrogen-bond acceptors (Lipinski definition) is 3. The molecule has 1 aliphatic heterocycles. The van der Waals surface area contributed by atoms with Crippen LogP contribution in [0.2, 0.25) is 5.02 Å². The lowest BCUT2D eigenvalue weighted by Crippen LogP contribution is -2.29. The van der Waals surface area contributed by atoms with Crippen LogP contribution in [-0.2, 0) is 9.84 Å². The third-order valence-electron chi connectivity index (χ3n) is 3.11. The van der Waals surface area contributed by atoms with Gasteiger partial charge in [0.25, 0.3) is 0 Å². The van der Waals surface area contributed by atoms with E-state index in [-0.39, 0.29) is 5.92 Å². The second-order valence-electron chi connectivity index (χ2n) is 4.50. The van der Waals surface area contributed by atoms with Gasteiger partial charge in [-0.05, 0) is 49.1 Å². The molecule has 0 aliphatic carbocycles. The van der Waals surface area contributed by atoms with Gasteiger partial charge in [-0.15, -0.1) is 0 Å². The Hall–Kier alpha value is -0.580. The first-order chi connectivity index (χ1) is 7.98. The first-order valence-electron chi connectivity index (χ1n) is 5.69. The largest absolute Gasteiger partial charge is 0.316 e. The maximum absolute atomic E-state index is 11.7. The van der Waals surface area contributed by atoms with Crippen molar-refractivity contribution in [1.29, 1.82) is 0 Å². The molecule has 3 nitrogen and oxygen atoms in total.